The van der Waals surface area contributed by atoms with Crippen molar-refractivity contribution in [2.45, 2.75) is 32.2 Å². The molecule has 1 atom stereocenters. The van der Waals surface area contributed by atoms with E-state index in [9.17, 15) is 13.6 Å². The number of amides is 1. The van der Waals surface area contributed by atoms with Gasteiger partial charge in [0, 0.05) is 12.6 Å². The predicted molar refractivity (Wildman–Crippen MR) is 71.2 cm³/mol. The van der Waals surface area contributed by atoms with Crippen molar-refractivity contribution in [2.75, 3.05) is 6.54 Å². The maximum atomic E-state index is 13.5. The molecule has 106 valence electrons. The first-order valence-electron chi connectivity index (χ1n) is 6.15. The zero-order chi connectivity index (χ0) is 14.4. The minimum Gasteiger partial charge on any atom is -0.348 e. The molecule has 0 saturated carbocycles. The summed E-state index contributed by atoms with van der Waals surface area (Å²) >= 11 is 5.43. The third-order valence-electron chi connectivity index (χ3n) is 2.78. The Kier molecular flexibility index (Phi) is 6.18. The number of hydrogen-bond acceptors (Lipinski definition) is 2. The van der Waals surface area contributed by atoms with Crippen LogP contribution in [-0.2, 0) is 0 Å². The van der Waals surface area contributed by atoms with Gasteiger partial charge in [0.2, 0.25) is 0 Å². The molecule has 0 aliphatic carbocycles. The lowest BCUT2D eigenvalue weighted by atomic mass is 10.1. The van der Waals surface area contributed by atoms with Crippen molar-refractivity contribution in [1.29, 1.82) is 0 Å². The van der Waals surface area contributed by atoms with Gasteiger partial charge in [-0.2, -0.15) is 0 Å². The minimum absolute atomic E-state index is 0.245. The molecule has 1 amide bonds. The highest BCUT2D eigenvalue weighted by molar-refractivity contribution is 6.30. The molecule has 1 aromatic rings. The van der Waals surface area contributed by atoms with E-state index in [0.717, 1.165) is 25.0 Å². The van der Waals surface area contributed by atoms with E-state index < -0.39 is 17.5 Å². The van der Waals surface area contributed by atoms with E-state index in [2.05, 4.69) is 5.32 Å². The first kappa shape index (κ1) is 15.9. The quantitative estimate of drug-likeness (QED) is 0.792. The lowest BCUT2D eigenvalue weighted by Gasteiger charge is -2.16. The van der Waals surface area contributed by atoms with Gasteiger partial charge in [-0.25, -0.2) is 8.78 Å². The van der Waals surface area contributed by atoms with Gasteiger partial charge in [-0.3, -0.25) is 4.79 Å². The molecule has 1 aromatic carbocycles. The average molecular weight is 291 g/mol. The largest absolute Gasteiger partial charge is 0.348 e. The normalized spacial score (nSPS) is 12.3. The number of halogens is 3. The second-order valence-corrected chi connectivity index (χ2v) is 4.70. The van der Waals surface area contributed by atoms with Gasteiger partial charge in [-0.05, 0) is 18.6 Å². The number of unbranched alkanes of at least 4 members (excludes halogenated alkanes) is 1. The van der Waals surface area contributed by atoms with Crippen molar-refractivity contribution in [3.05, 3.63) is 34.4 Å². The van der Waals surface area contributed by atoms with Crippen LogP contribution in [0.15, 0.2) is 12.1 Å². The Morgan fingerprint density at radius 3 is 2.68 bits per heavy atom. The Balaban J connectivity index is 2.79. The van der Waals surface area contributed by atoms with E-state index in [1.165, 1.54) is 0 Å². The van der Waals surface area contributed by atoms with Crippen LogP contribution in [0, 0.1) is 11.6 Å². The summed E-state index contributed by atoms with van der Waals surface area (Å²) < 4.78 is 26.8. The van der Waals surface area contributed by atoms with E-state index in [4.69, 9.17) is 17.3 Å². The highest BCUT2D eigenvalue weighted by atomic mass is 35.5. The molecule has 0 spiro atoms. The second-order valence-electron chi connectivity index (χ2n) is 4.29. The molecule has 1 unspecified atom stereocenters. The predicted octanol–water partition coefficient (Wildman–Crippen LogP) is 2.87. The summed E-state index contributed by atoms with van der Waals surface area (Å²) in [5.74, 6) is -2.36. The van der Waals surface area contributed by atoms with E-state index >= 15 is 0 Å². The summed E-state index contributed by atoms with van der Waals surface area (Å²) in [5.41, 5.74) is 5.16. The molecule has 6 heteroatoms. The Bertz CT molecular complexity index is 455. The van der Waals surface area contributed by atoms with Crippen LogP contribution in [0.5, 0.6) is 0 Å². The lowest BCUT2D eigenvalue weighted by molar-refractivity contribution is 0.0931. The van der Waals surface area contributed by atoms with Crippen LogP contribution in [0.25, 0.3) is 0 Å². The van der Waals surface area contributed by atoms with Crippen LogP contribution in [0.4, 0.5) is 8.78 Å². The minimum atomic E-state index is -0.852. The topological polar surface area (TPSA) is 55.1 Å². The molecule has 3 N–H and O–H groups in total. The molecule has 0 aromatic heterocycles. The van der Waals surface area contributed by atoms with Gasteiger partial charge in [-0.1, -0.05) is 31.4 Å². The van der Waals surface area contributed by atoms with E-state index in [0.29, 0.717) is 6.42 Å². The van der Waals surface area contributed by atoms with Crippen LogP contribution < -0.4 is 11.1 Å². The molecule has 0 saturated heterocycles. The summed E-state index contributed by atoms with van der Waals surface area (Å²) in [7, 11) is 0. The van der Waals surface area contributed by atoms with E-state index in [1.807, 2.05) is 6.92 Å². The summed E-state index contributed by atoms with van der Waals surface area (Å²) in [5, 5.41) is 2.24. The number of nitrogens with two attached hydrogens (primary N) is 1. The number of hydrogen-bond donors (Lipinski definition) is 2. The summed E-state index contributed by atoms with van der Waals surface area (Å²) in [4.78, 5) is 11.8. The third-order valence-corrected chi connectivity index (χ3v) is 3.07. The molecule has 0 fully saturated rings. The molecule has 3 nitrogen and oxygen atoms in total. The molecular formula is C13H17ClF2N2O. The SMILES string of the molecule is CCCCC(CN)NC(=O)c1cc(F)c(Cl)cc1F. The number of benzene rings is 1. The van der Waals surface area contributed by atoms with E-state index in [1.54, 1.807) is 0 Å². The van der Waals surface area contributed by atoms with Crippen LogP contribution in [-0.4, -0.2) is 18.5 Å². The molecule has 0 aliphatic rings. The summed E-state index contributed by atoms with van der Waals surface area (Å²) in [6.07, 6.45) is 2.58. The summed E-state index contributed by atoms with van der Waals surface area (Å²) in [6, 6.07) is 1.33. The van der Waals surface area contributed by atoms with E-state index in [-0.39, 0.29) is 23.2 Å². The molecule has 1 rings (SSSR count). The average Bonchev–Trinajstić information content (AvgIpc) is 2.38. The first-order chi connectivity index (χ1) is 8.99. The Labute approximate surface area is 116 Å². The van der Waals surface area contributed by atoms with Gasteiger partial charge < -0.3 is 11.1 Å². The van der Waals surface area contributed by atoms with Gasteiger partial charge in [0.25, 0.3) is 5.91 Å². The van der Waals surface area contributed by atoms with Gasteiger partial charge >= 0.3 is 0 Å². The third kappa shape index (κ3) is 4.44. The second kappa shape index (κ2) is 7.40. The molecule has 0 heterocycles. The summed E-state index contributed by atoms with van der Waals surface area (Å²) in [6.45, 7) is 2.27. The maximum absolute atomic E-state index is 13.5. The van der Waals surface area contributed by atoms with Crippen molar-refractivity contribution in [2.24, 2.45) is 5.73 Å². The maximum Gasteiger partial charge on any atom is 0.254 e. The highest BCUT2D eigenvalue weighted by Crippen LogP contribution is 2.19. The van der Waals surface area contributed by atoms with Gasteiger partial charge in [0.05, 0.1) is 10.6 Å². The smallest absolute Gasteiger partial charge is 0.254 e. The van der Waals surface area contributed by atoms with Crippen LogP contribution in [0.2, 0.25) is 5.02 Å². The van der Waals surface area contributed by atoms with Crippen LogP contribution >= 0.6 is 11.6 Å². The van der Waals surface area contributed by atoms with Crippen LogP contribution in [0.3, 0.4) is 0 Å². The lowest BCUT2D eigenvalue weighted by Crippen LogP contribution is -2.40. The number of carbonyl (C=O) groups is 1. The zero-order valence-electron chi connectivity index (χ0n) is 10.7. The van der Waals surface area contributed by atoms with Crippen molar-refractivity contribution in [1.82, 2.24) is 5.32 Å². The Morgan fingerprint density at radius 2 is 2.11 bits per heavy atom. The highest BCUT2D eigenvalue weighted by Gasteiger charge is 2.18. The molecule has 0 radical (unpaired) electrons. The fourth-order valence-electron chi connectivity index (χ4n) is 1.66. The first-order valence-corrected chi connectivity index (χ1v) is 6.52. The zero-order valence-corrected chi connectivity index (χ0v) is 11.4. The fraction of sp³-hybridized carbons (Fsp3) is 0.462. The molecule has 0 bridgehead atoms. The van der Waals surface area contributed by atoms with Crippen molar-refractivity contribution in [3.63, 3.8) is 0 Å². The fourth-order valence-corrected chi connectivity index (χ4v) is 1.81. The number of nitrogens with one attached hydrogen (secondary N) is 1. The molecule has 0 aliphatic heterocycles. The number of carbonyl (C=O) groups excluding carboxylic acids is 1. The Hall–Kier alpha value is -1.20. The number of rotatable bonds is 6. The van der Waals surface area contributed by atoms with Crippen molar-refractivity contribution >= 4 is 17.5 Å². The van der Waals surface area contributed by atoms with Crippen molar-refractivity contribution < 1.29 is 13.6 Å². The van der Waals surface area contributed by atoms with Gasteiger partial charge in [0.1, 0.15) is 11.6 Å². The monoisotopic (exact) mass is 290 g/mol. The van der Waals surface area contributed by atoms with Crippen molar-refractivity contribution in [3.8, 4) is 0 Å². The van der Waals surface area contributed by atoms with Gasteiger partial charge in [0.15, 0.2) is 0 Å². The standard InChI is InChI=1S/C13H17ClF2N2O/c1-2-3-4-8(7-17)18-13(19)9-5-12(16)10(14)6-11(9)15/h5-6,8H,2-4,7,17H2,1H3,(H,18,19). The Morgan fingerprint density at radius 1 is 1.42 bits per heavy atom. The molecule has 19 heavy (non-hydrogen) atoms. The van der Waals surface area contributed by atoms with Crippen LogP contribution in [0.1, 0.15) is 36.5 Å². The molecular weight excluding hydrogens is 274 g/mol. The van der Waals surface area contributed by atoms with Gasteiger partial charge in [-0.15, -0.1) is 0 Å².